The summed E-state index contributed by atoms with van der Waals surface area (Å²) in [4.78, 5) is 4.16. The summed E-state index contributed by atoms with van der Waals surface area (Å²) >= 11 is 0. The van der Waals surface area contributed by atoms with Crippen molar-refractivity contribution in [3.05, 3.63) is 35.9 Å². The Balaban J connectivity index is 1.29. The molecule has 1 aliphatic rings. The van der Waals surface area contributed by atoms with E-state index in [-0.39, 0.29) is 12.2 Å². The minimum Gasteiger partial charge on any atom is -0.366 e. The fourth-order valence-corrected chi connectivity index (χ4v) is 3.00. The molecule has 4 rings (SSSR count). The van der Waals surface area contributed by atoms with Crippen molar-refractivity contribution in [2.24, 2.45) is 7.05 Å². The summed E-state index contributed by atoms with van der Waals surface area (Å²) in [6.07, 6.45) is 3.78. The van der Waals surface area contributed by atoms with Gasteiger partial charge in [0.15, 0.2) is 5.82 Å². The summed E-state index contributed by atoms with van der Waals surface area (Å²) < 4.78 is 7.78. The van der Waals surface area contributed by atoms with Crippen molar-refractivity contribution < 1.29 is 4.74 Å². The summed E-state index contributed by atoms with van der Waals surface area (Å²) in [5.74, 6) is 0.820. The highest BCUT2D eigenvalue weighted by atomic mass is 16.5. The molecule has 0 unspecified atom stereocenters. The first-order valence-electron chi connectivity index (χ1n) is 7.79. The second-order valence-corrected chi connectivity index (χ2v) is 5.86. The van der Waals surface area contributed by atoms with E-state index in [1.54, 1.807) is 4.68 Å². The van der Waals surface area contributed by atoms with Crippen molar-refractivity contribution >= 4 is 11.0 Å². The minimum atomic E-state index is 0.0419. The third-order valence-electron chi connectivity index (χ3n) is 4.22. The van der Waals surface area contributed by atoms with Gasteiger partial charge in [0.25, 0.3) is 0 Å². The Morgan fingerprint density at radius 3 is 3.22 bits per heavy atom. The summed E-state index contributed by atoms with van der Waals surface area (Å²) in [6.45, 7) is 1.61. The number of ether oxygens (including phenoxy) is 1. The fourth-order valence-electron chi connectivity index (χ4n) is 3.00. The number of H-pyrrole nitrogens is 1. The monoisotopic (exact) mass is 313 g/mol. The molecule has 0 saturated carbocycles. The number of aromatic nitrogens is 6. The van der Waals surface area contributed by atoms with Crippen LogP contribution in [0.3, 0.4) is 0 Å². The first kappa shape index (κ1) is 14.3. The Morgan fingerprint density at radius 1 is 1.39 bits per heavy atom. The highest BCUT2D eigenvalue weighted by Gasteiger charge is 2.27. The molecule has 1 aliphatic heterocycles. The molecule has 8 heteroatoms. The second-order valence-electron chi connectivity index (χ2n) is 5.86. The predicted molar refractivity (Wildman–Crippen MR) is 83.4 cm³/mol. The smallest absolute Gasteiger partial charge is 0.153 e. The number of hydrogen-bond acceptors (Lipinski definition) is 6. The van der Waals surface area contributed by atoms with Crippen LogP contribution in [-0.2, 0) is 18.3 Å². The standard InChI is InChI=1S/C15H19N7O/c1-22-13-4-2-10(6-12(13)19-21-22)7-16-8-11-3-5-14(23-11)15-17-9-18-20-15/h2,4,6,9,11,14,16H,3,5,7-8H2,1H3,(H,17,18,20)/t11-,14+/m1/s1. The van der Waals surface area contributed by atoms with Crippen molar-refractivity contribution in [3.8, 4) is 0 Å². The molecular formula is C15H19N7O. The number of rotatable bonds is 5. The molecule has 0 amide bonds. The van der Waals surface area contributed by atoms with Crippen LogP contribution in [0.5, 0.6) is 0 Å². The lowest BCUT2D eigenvalue weighted by Crippen LogP contribution is -2.26. The lowest BCUT2D eigenvalue weighted by atomic mass is 10.1. The molecule has 0 aliphatic carbocycles. The van der Waals surface area contributed by atoms with E-state index in [2.05, 4.69) is 49.0 Å². The lowest BCUT2D eigenvalue weighted by Gasteiger charge is -2.13. The Morgan fingerprint density at radius 2 is 2.35 bits per heavy atom. The third kappa shape index (κ3) is 2.95. The van der Waals surface area contributed by atoms with Gasteiger partial charge in [0.1, 0.15) is 17.9 Å². The molecule has 3 aromatic rings. The minimum absolute atomic E-state index is 0.0419. The highest BCUT2D eigenvalue weighted by molar-refractivity contribution is 5.74. The second kappa shape index (κ2) is 6.05. The average molecular weight is 313 g/mol. The van der Waals surface area contributed by atoms with Crippen molar-refractivity contribution in [1.82, 2.24) is 35.5 Å². The molecule has 23 heavy (non-hydrogen) atoms. The summed E-state index contributed by atoms with van der Waals surface area (Å²) in [6, 6.07) is 6.23. The van der Waals surface area contributed by atoms with Gasteiger partial charge in [0.2, 0.25) is 0 Å². The topological polar surface area (TPSA) is 93.5 Å². The first-order chi connectivity index (χ1) is 11.3. The van der Waals surface area contributed by atoms with Gasteiger partial charge < -0.3 is 10.1 Å². The maximum absolute atomic E-state index is 6.00. The first-order valence-corrected chi connectivity index (χ1v) is 7.79. The van der Waals surface area contributed by atoms with Crippen LogP contribution >= 0.6 is 0 Å². The molecule has 1 aromatic carbocycles. The summed E-state index contributed by atoms with van der Waals surface area (Å²) in [5.41, 5.74) is 3.17. The molecular weight excluding hydrogens is 294 g/mol. The van der Waals surface area contributed by atoms with E-state index < -0.39 is 0 Å². The van der Waals surface area contributed by atoms with Crippen molar-refractivity contribution in [3.63, 3.8) is 0 Å². The Labute approximate surface area is 133 Å². The maximum Gasteiger partial charge on any atom is 0.153 e. The molecule has 1 fully saturated rings. The number of fused-ring (bicyclic) bond motifs is 1. The zero-order valence-corrected chi connectivity index (χ0v) is 12.9. The van der Waals surface area contributed by atoms with E-state index in [1.807, 2.05) is 7.05 Å². The largest absolute Gasteiger partial charge is 0.366 e. The fraction of sp³-hybridized carbons (Fsp3) is 0.467. The molecule has 1 saturated heterocycles. The third-order valence-corrected chi connectivity index (χ3v) is 4.22. The number of aryl methyl sites for hydroxylation is 1. The van der Waals surface area contributed by atoms with Crippen molar-refractivity contribution in [2.45, 2.75) is 31.6 Å². The molecule has 0 radical (unpaired) electrons. The van der Waals surface area contributed by atoms with E-state index in [9.17, 15) is 0 Å². The Hall–Kier alpha value is -2.32. The van der Waals surface area contributed by atoms with Gasteiger partial charge in [-0.15, -0.1) is 5.10 Å². The zero-order valence-electron chi connectivity index (χ0n) is 12.9. The molecule has 0 spiro atoms. The van der Waals surface area contributed by atoms with Crippen LogP contribution in [0.1, 0.15) is 30.3 Å². The van der Waals surface area contributed by atoms with Crippen LogP contribution in [0.4, 0.5) is 0 Å². The van der Waals surface area contributed by atoms with Crippen LogP contribution < -0.4 is 5.32 Å². The molecule has 2 N–H and O–H groups in total. The van der Waals surface area contributed by atoms with Gasteiger partial charge in [0.05, 0.1) is 11.6 Å². The molecule has 2 atom stereocenters. The Bertz CT molecular complexity index is 782. The Kier molecular flexibility index (Phi) is 3.76. The van der Waals surface area contributed by atoms with Crippen LogP contribution in [0.25, 0.3) is 11.0 Å². The van der Waals surface area contributed by atoms with Gasteiger partial charge in [-0.05, 0) is 30.5 Å². The molecule has 3 heterocycles. The van der Waals surface area contributed by atoms with Crippen LogP contribution in [0, 0.1) is 0 Å². The number of nitrogens with one attached hydrogen (secondary N) is 2. The van der Waals surface area contributed by atoms with E-state index in [0.29, 0.717) is 0 Å². The number of aromatic amines is 1. The molecule has 2 aromatic heterocycles. The predicted octanol–water partition coefficient (Wildman–Crippen LogP) is 1.10. The van der Waals surface area contributed by atoms with E-state index in [1.165, 1.54) is 11.9 Å². The van der Waals surface area contributed by atoms with Crippen LogP contribution in [0.15, 0.2) is 24.5 Å². The maximum atomic E-state index is 6.00. The summed E-state index contributed by atoms with van der Waals surface area (Å²) in [5, 5.41) is 18.4. The van der Waals surface area contributed by atoms with Crippen molar-refractivity contribution in [2.75, 3.05) is 6.54 Å². The van der Waals surface area contributed by atoms with Gasteiger partial charge in [-0.25, -0.2) is 9.67 Å². The summed E-state index contributed by atoms with van der Waals surface area (Å²) in [7, 11) is 1.90. The van der Waals surface area contributed by atoms with Crippen molar-refractivity contribution in [1.29, 1.82) is 0 Å². The lowest BCUT2D eigenvalue weighted by molar-refractivity contribution is 0.0401. The van der Waals surface area contributed by atoms with Gasteiger partial charge in [-0.1, -0.05) is 11.3 Å². The average Bonchev–Trinajstić information content (AvgIpc) is 3.28. The van der Waals surface area contributed by atoms with E-state index in [0.717, 1.165) is 42.8 Å². The molecule has 8 nitrogen and oxygen atoms in total. The molecule has 0 bridgehead atoms. The van der Waals surface area contributed by atoms with Gasteiger partial charge >= 0.3 is 0 Å². The van der Waals surface area contributed by atoms with E-state index >= 15 is 0 Å². The molecule has 120 valence electrons. The van der Waals surface area contributed by atoms with Gasteiger partial charge in [0, 0.05) is 20.1 Å². The highest BCUT2D eigenvalue weighted by Crippen LogP contribution is 2.30. The quantitative estimate of drug-likeness (QED) is 0.732. The van der Waals surface area contributed by atoms with E-state index in [4.69, 9.17) is 4.74 Å². The van der Waals surface area contributed by atoms with Gasteiger partial charge in [-0.2, -0.15) is 5.10 Å². The number of nitrogens with zero attached hydrogens (tertiary/aromatic N) is 5. The van der Waals surface area contributed by atoms with Crippen LogP contribution in [0.2, 0.25) is 0 Å². The number of hydrogen-bond donors (Lipinski definition) is 2. The zero-order chi connectivity index (χ0) is 15.6. The SMILES string of the molecule is Cn1nnc2cc(CNC[C@H]3CC[C@@H](c4ncn[nH]4)O3)ccc21. The normalized spacial score (nSPS) is 21.3. The van der Waals surface area contributed by atoms with Crippen LogP contribution in [-0.4, -0.2) is 42.8 Å². The number of benzene rings is 1. The van der Waals surface area contributed by atoms with Gasteiger partial charge in [-0.3, -0.25) is 5.10 Å².